The van der Waals surface area contributed by atoms with Crippen LogP contribution in [0.2, 0.25) is 10.0 Å². The highest BCUT2D eigenvalue weighted by Crippen LogP contribution is 2.35. The number of anilines is 1. The maximum atomic E-state index is 13.1. The molecule has 0 aromatic carbocycles. The number of hydrogen-bond donors (Lipinski definition) is 2. The Morgan fingerprint density at radius 1 is 1.03 bits per heavy atom. The van der Waals surface area contributed by atoms with Crippen molar-refractivity contribution in [2.24, 2.45) is 0 Å². The van der Waals surface area contributed by atoms with Gasteiger partial charge in [0, 0.05) is 24.2 Å². The lowest BCUT2D eigenvalue weighted by Crippen LogP contribution is -2.27. The first kappa shape index (κ1) is 26.4. The summed E-state index contributed by atoms with van der Waals surface area (Å²) < 4.78 is 39.2. The molecule has 0 fully saturated rings. The lowest BCUT2D eigenvalue weighted by Gasteiger charge is -2.12. The van der Waals surface area contributed by atoms with Crippen LogP contribution in [0.15, 0.2) is 49.3 Å². The van der Waals surface area contributed by atoms with Crippen LogP contribution in [-0.4, -0.2) is 36.7 Å². The zero-order valence-corrected chi connectivity index (χ0v) is 20.9. The molecule has 2 amide bonds. The predicted molar refractivity (Wildman–Crippen MR) is 130 cm³/mol. The first-order valence-corrected chi connectivity index (χ1v) is 11.8. The van der Waals surface area contributed by atoms with Gasteiger partial charge in [-0.25, -0.2) is 19.9 Å². The number of hydrogen-bond acceptors (Lipinski definition) is 8. The van der Waals surface area contributed by atoms with Crippen molar-refractivity contribution >= 4 is 52.2 Å². The maximum Gasteiger partial charge on any atom is 0.418 e. The second-order valence-corrected chi connectivity index (χ2v) is 9.23. The molecular formula is C22H14Cl2F3N7O2S. The third-order valence-corrected chi connectivity index (χ3v) is 6.66. The Hall–Kier alpha value is -3.68. The van der Waals surface area contributed by atoms with Crippen molar-refractivity contribution in [3.05, 3.63) is 80.5 Å². The van der Waals surface area contributed by atoms with Crippen LogP contribution in [0.5, 0.6) is 0 Å². The summed E-state index contributed by atoms with van der Waals surface area (Å²) in [6, 6.07) is 3.35. The van der Waals surface area contributed by atoms with Gasteiger partial charge in [0.2, 0.25) is 0 Å². The van der Waals surface area contributed by atoms with Crippen molar-refractivity contribution < 1.29 is 22.8 Å². The molecule has 4 aromatic heterocycles. The number of aromatic nitrogens is 5. The van der Waals surface area contributed by atoms with Gasteiger partial charge in [-0.2, -0.15) is 13.2 Å². The summed E-state index contributed by atoms with van der Waals surface area (Å²) in [7, 11) is 0. The van der Waals surface area contributed by atoms with E-state index in [2.05, 4.69) is 35.6 Å². The largest absolute Gasteiger partial charge is 0.418 e. The molecule has 2 N–H and O–H groups in total. The van der Waals surface area contributed by atoms with E-state index in [1.807, 2.05) is 0 Å². The molecule has 0 saturated heterocycles. The van der Waals surface area contributed by atoms with E-state index in [1.54, 1.807) is 31.5 Å². The van der Waals surface area contributed by atoms with Crippen LogP contribution in [0.25, 0.3) is 11.3 Å². The fourth-order valence-electron chi connectivity index (χ4n) is 3.06. The number of carbonyl (C=O) groups is 2. The molecule has 0 spiro atoms. The van der Waals surface area contributed by atoms with Crippen LogP contribution in [-0.2, 0) is 6.18 Å². The minimum absolute atomic E-state index is 0.0475. The quantitative estimate of drug-likeness (QED) is 0.317. The first-order valence-electron chi connectivity index (χ1n) is 10.3. The van der Waals surface area contributed by atoms with Crippen molar-refractivity contribution in [3.8, 4) is 11.3 Å². The van der Waals surface area contributed by atoms with Gasteiger partial charge in [0.1, 0.15) is 22.0 Å². The van der Waals surface area contributed by atoms with E-state index in [4.69, 9.17) is 23.2 Å². The smallest absolute Gasteiger partial charge is 0.342 e. The van der Waals surface area contributed by atoms with Crippen molar-refractivity contribution in [3.63, 3.8) is 0 Å². The van der Waals surface area contributed by atoms with Gasteiger partial charge in [-0.15, -0.1) is 11.3 Å². The molecule has 0 bridgehead atoms. The summed E-state index contributed by atoms with van der Waals surface area (Å²) in [6.45, 7) is 1.63. The SMILES string of the molecule is CC(NC(=O)c1ncnc(-c2ccncc2)c1Cl)c1ncc(C(=O)Nc2cc(C(F)(F)F)c(Cl)cn2)s1. The summed E-state index contributed by atoms with van der Waals surface area (Å²) in [5, 5.41) is 4.80. The van der Waals surface area contributed by atoms with Gasteiger partial charge in [0.05, 0.1) is 33.5 Å². The van der Waals surface area contributed by atoms with Gasteiger partial charge in [0.15, 0.2) is 5.69 Å². The lowest BCUT2D eigenvalue weighted by molar-refractivity contribution is -0.137. The number of amides is 2. The molecule has 0 saturated carbocycles. The van der Waals surface area contributed by atoms with Gasteiger partial charge in [-0.05, 0) is 25.1 Å². The standard InChI is InChI=1S/C22H14Cl2F3N7O2S/c1-10(33-20(36)18-16(24)17(31-9-32-18)11-2-4-28-5-3-11)21-30-8-14(37-21)19(35)34-15-6-12(22(25,26)27)13(23)7-29-15/h2-10H,1H3,(H,33,36)(H,29,34,35). The molecule has 190 valence electrons. The Morgan fingerprint density at radius 3 is 2.46 bits per heavy atom. The highest BCUT2D eigenvalue weighted by Gasteiger charge is 2.34. The number of nitrogens with zero attached hydrogens (tertiary/aromatic N) is 5. The number of halogens is 5. The van der Waals surface area contributed by atoms with Crippen LogP contribution in [0.1, 0.15) is 43.7 Å². The Balaban J connectivity index is 1.46. The predicted octanol–water partition coefficient (Wildman–Crippen LogP) is 5.46. The molecule has 9 nitrogen and oxygen atoms in total. The Kier molecular flexibility index (Phi) is 7.66. The molecule has 4 heterocycles. The molecule has 1 unspecified atom stereocenters. The summed E-state index contributed by atoms with van der Waals surface area (Å²) in [5.41, 5.74) is -0.178. The average Bonchev–Trinajstić information content (AvgIpc) is 3.36. The third kappa shape index (κ3) is 6.01. The van der Waals surface area contributed by atoms with Crippen molar-refractivity contribution in [2.75, 3.05) is 5.32 Å². The van der Waals surface area contributed by atoms with Crippen LogP contribution in [0.4, 0.5) is 19.0 Å². The molecule has 4 rings (SSSR count). The summed E-state index contributed by atoms with van der Waals surface area (Å²) in [6.07, 6.45) is 1.65. The van der Waals surface area contributed by atoms with E-state index in [0.717, 1.165) is 17.5 Å². The second-order valence-electron chi connectivity index (χ2n) is 7.38. The zero-order valence-electron chi connectivity index (χ0n) is 18.5. The second kappa shape index (κ2) is 10.7. The minimum Gasteiger partial charge on any atom is -0.342 e. The van der Waals surface area contributed by atoms with E-state index < -0.39 is 34.6 Å². The Labute approximate surface area is 221 Å². The molecule has 37 heavy (non-hydrogen) atoms. The van der Waals surface area contributed by atoms with Crippen LogP contribution >= 0.6 is 34.5 Å². The molecule has 1 atom stereocenters. The minimum atomic E-state index is -4.71. The van der Waals surface area contributed by atoms with Crippen molar-refractivity contribution in [1.29, 1.82) is 0 Å². The Bertz CT molecular complexity index is 1470. The molecule has 0 aliphatic carbocycles. The topological polar surface area (TPSA) is 123 Å². The van der Waals surface area contributed by atoms with Gasteiger partial charge < -0.3 is 10.6 Å². The van der Waals surface area contributed by atoms with Gasteiger partial charge >= 0.3 is 6.18 Å². The number of rotatable bonds is 6. The lowest BCUT2D eigenvalue weighted by atomic mass is 10.1. The normalized spacial score (nSPS) is 12.2. The molecule has 15 heteroatoms. The van der Waals surface area contributed by atoms with Crippen molar-refractivity contribution in [1.82, 2.24) is 30.2 Å². The summed E-state index contributed by atoms with van der Waals surface area (Å²) in [4.78, 5) is 45.3. The molecule has 0 radical (unpaired) electrons. The molecular weight excluding hydrogens is 554 g/mol. The highest BCUT2D eigenvalue weighted by atomic mass is 35.5. The number of nitrogens with one attached hydrogen (secondary N) is 2. The van der Waals surface area contributed by atoms with E-state index in [9.17, 15) is 22.8 Å². The number of alkyl halides is 3. The number of thiazole rings is 1. The van der Waals surface area contributed by atoms with Crippen molar-refractivity contribution in [2.45, 2.75) is 19.1 Å². The van der Waals surface area contributed by atoms with Crippen LogP contribution in [0, 0.1) is 0 Å². The summed E-state index contributed by atoms with van der Waals surface area (Å²) >= 11 is 12.9. The zero-order chi connectivity index (χ0) is 26.7. The summed E-state index contributed by atoms with van der Waals surface area (Å²) in [5.74, 6) is -1.66. The number of carbonyl (C=O) groups excluding carboxylic acids is 2. The molecule has 4 aromatic rings. The molecule has 0 aliphatic heterocycles. The Morgan fingerprint density at radius 2 is 1.76 bits per heavy atom. The van der Waals surface area contributed by atoms with Gasteiger partial charge in [-0.1, -0.05) is 23.2 Å². The third-order valence-electron chi connectivity index (χ3n) is 4.83. The maximum absolute atomic E-state index is 13.1. The van der Waals surface area contributed by atoms with E-state index in [0.29, 0.717) is 22.3 Å². The molecule has 0 aliphatic rings. The number of pyridine rings is 2. The average molecular weight is 568 g/mol. The van der Waals surface area contributed by atoms with Crippen LogP contribution < -0.4 is 10.6 Å². The monoisotopic (exact) mass is 567 g/mol. The fraction of sp³-hybridized carbons (Fsp3) is 0.136. The van der Waals surface area contributed by atoms with E-state index in [1.165, 1.54) is 12.5 Å². The van der Waals surface area contributed by atoms with Gasteiger partial charge in [-0.3, -0.25) is 14.6 Å². The van der Waals surface area contributed by atoms with Crippen LogP contribution in [0.3, 0.4) is 0 Å². The van der Waals surface area contributed by atoms with E-state index >= 15 is 0 Å². The van der Waals surface area contributed by atoms with Gasteiger partial charge in [0.25, 0.3) is 11.8 Å². The van der Waals surface area contributed by atoms with E-state index in [-0.39, 0.29) is 21.4 Å². The first-order chi connectivity index (χ1) is 17.5. The fourth-order valence-corrected chi connectivity index (χ4v) is 4.38. The highest BCUT2D eigenvalue weighted by molar-refractivity contribution is 7.13.